The van der Waals surface area contributed by atoms with Gasteiger partial charge >= 0.3 is 0 Å². The summed E-state index contributed by atoms with van der Waals surface area (Å²) in [5, 5.41) is 13.1. The van der Waals surface area contributed by atoms with E-state index >= 15 is 0 Å². The van der Waals surface area contributed by atoms with Crippen LogP contribution < -0.4 is 19.7 Å². The van der Waals surface area contributed by atoms with Crippen molar-refractivity contribution in [2.45, 2.75) is 64.7 Å². The van der Waals surface area contributed by atoms with E-state index < -0.39 is 5.60 Å². The molecule has 3 rings (SSSR count). The number of nitrogens with zero attached hydrogens (tertiary/aromatic N) is 3. The van der Waals surface area contributed by atoms with Crippen molar-refractivity contribution >= 4 is 23.3 Å². The number of aromatic nitrogens is 2. The van der Waals surface area contributed by atoms with Crippen LogP contribution in [-0.4, -0.2) is 58.4 Å². The molecule has 1 amide bonds. The Hall–Kier alpha value is -2.58. The molecule has 1 aliphatic rings. The van der Waals surface area contributed by atoms with Crippen LogP contribution >= 0.6 is 11.6 Å². The lowest BCUT2D eigenvalue weighted by Gasteiger charge is -2.21. The number of hydrogen-bond acceptors (Lipinski definition) is 7. The number of benzene rings is 1. The number of halogens is 1. The molecule has 1 fully saturated rings. The smallest absolute Gasteiger partial charge is 0.238 e. The largest absolute Gasteiger partial charge is 0.489 e. The monoisotopic (exact) mass is 476 g/mol. The van der Waals surface area contributed by atoms with Gasteiger partial charge in [-0.25, -0.2) is 9.97 Å². The van der Waals surface area contributed by atoms with Crippen molar-refractivity contribution in [3.05, 3.63) is 41.2 Å². The summed E-state index contributed by atoms with van der Waals surface area (Å²) in [5.74, 6) is 1.38. The van der Waals surface area contributed by atoms with Gasteiger partial charge in [-0.15, -0.1) is 0 Å². The van der Waals surface area contributed by atoms with Gasteiger partial charge in [0.15, 0.2) is 5.82 Å². The third-order valence-corrected chi connectivity index (χ3v) is 5.58. The lowest BCUT2D eigenvalue weighted by molar-refractivity contribution is -0.122. The van der Waals surface area contributed by atoms with E-state index in [9.17, 15) is 9.90 Å². The molecule has 2 aromatic rings. The van der Waals surface area contributed by atoms with Crippen LogP contribution in [-0.2, 0) is 4.79 Å². The first-order valence-corrected chi connectivity index (χ1v) is 11.6. The molecule has 0 saturated carbocycles. The molecule has 0 spiro atoms. The topological polar surface area (TPSA) is 96.8 Å². The van der Waals surface area contributed by atoms with Crippen LogP contribution in [0.4, 0.5) is 5.82 Å². The van der Waals surface area contributed by atoms with E-state index in [4.69, 9.17) is 21.1 Å². The van der Waals surface area contributed by atoms with E-state index in [2.05, 4.69) is 15.3 Å². The Morgan fingerprint density at radius 1 is 1.27 bits per heavy atom. The SMILES string of the molecule is CC(C)NC(=O)C(C)c1ccc(OC2CCN(c3ncnc(OCC(C)(C)O)c3Cl)C2)cc1. The second-order valence-electron chi connectivity index (χ2n) is 9.35. The summed E-state index contributed by atoms with van der Waals surface area (Å²) in [6.07, 6.45) is 2.20. The molecule has 8 nitrogen and oxygen atoms in total. The molecule has 33 heavy (non-hydrogen) atoms. The highest BCUT2D eigenvalue weighted by Gasteiger charge is 2.28. The summed E-state index contributed by atoms with van der Waals surface area (Å²) < 4.78 is 11.7. The first kappa shape index (κ1) is 25.1. The highest BCUT2D eigenvalue weighted by atomic mass is 35.5. The molecule has 0 radical (unpaired) electrons. The number of amides is 1. The normalized spacial score (nSPS) is 17.2. The Morgan fingerprint density at radius 3 is 2.61 bits per heavy atom. The van der Waals surface area contributed by atoms with Crippen molar-refractivity contribution in [3.63, 3.8) is 0 Å². The van der Waals surface area contributed by atoms with Crippen molar-refractivity contribution in [3.8, 4) is 11.6 Å². The number of aliphatic hydroxyl groups is 1. The van der Waals surface area contributed by atoms with E-state index in [-0.39, 0.29) is 36.5 Å². The molecule has 1 aromatic heterocycles. The maximum absolute atomic E-state index is 12.2. The lowest BCUT2D eigenvalue weighted by Crippen LogP contribution is -2.33. The molecule has 180 valence electrons. The fraction of sp³-hybridized carbons (Fsp3) is 0.542. The van der Waals surface area contributed by atoms with Gasteiger partial charge in [-0.3, -0.25) is 4.79 Å². The summed E-state index contributed by atoms with van der Waals surface area (Å²) in [6.45, 7) is 10.5. The van der Waals surface area contributed by atoms with Gasteiger partial charge in [0.2, 0.25) is 11.8 Å². The van der Waals surface area contributed by atoms with Crippen LogP contribution in [0.1, 0.15) is 52.5 Å². The summed E-state index contributed by atoms with van der Waals surface area (Å²) in [7, 11) is 0. The Bertz CT molecular complexity index is 946. The van der Waals surface area contributed by atoms with Crippen molar-refractivity contribution in [1.29, 1.82) is 0 Å². The van der Waals surface area contributed by atoms with Crippen molar-refractivity contribution in [1.82, 2.24) is 15.3 Å². The predicted molar refractivity (Wildman–Crippen MR) is 128 cm³/mol. The summed E-state index contributed by atoms with van der Waals surface area (Å²) in [5.41, 5.74) is -0.0491. The fourth-order valence-electron chi connectivity index (χ4n) is 3.52. The molecule has 1 aromatic carbocycles. The summed E-state index contributed by atoms with van der Waals surface area (Å²) >= 11 is 6.48. The van der Waals surface area contributed by atoms with Crippen LogP contribution in [0.3, 0.4) is 0 Å². The van der Waals surface area contributed by atoms with Gasteiger partial charge in [0, 0.05) is 19.0 Å². The number of nitrogens with one attached hydrogen (secondary N) is 1. The van der Waals surface area contributed by atoms with Gasteiger partial charge in [0.05, 0.1) is 18.1 Å². The van der Waals surface area contributed by atoms with Crippen LogP contribution in [0.25, 0.3) is 0 Å². The van der Waals surface area contributed by atoms with Crippen molar-refractivity contribution < 1.29 is 19.4 Å². The molecule has 2 heterocycles. The molecule has 0 aliphatic carbocycles. The second kappa shape index (κ2) is 10.6. The quantitative estimate of drug-likeness (QED) is 0.571. The zero-order chi connectivity index (χ0) is 24.2. The second-order valence-corrected chi connectivity index (χ2v) is 9.72. The van der Waals surface area contributed by atoms with E-state index in [0.717, 1.165) is 24.3 Å². The van der Waals surface area contributed by atoms with E-state index in [1.165, 1.54) is 6.33 Å². The fourth-order valence-corrected chi connectivity index (χ4v) is 3.79. The maximum Gasteiger partial charge on any atom is 0.238 e. The van der Waals surface area contributed by atoms with Gasteiger partial charge in [0.1, 0.15) is 29.8 Å². The lowest BCUT2D eigenvalue weighted by atomic mass is 10.00. The number of hydrogen-bond donors (Lipinski definition) is 2. The molecular formula is C24H33ClN4O4. The average Bonchev–Trinajstić information content (AvgIpc) is 3.20. The standard InChI is InChI=1S/C24H33ClN4O4/c1-15(2)28-22(30)16(3)17-6-8-18(9-7-17)33-19-10-11-29(12-19)21-20(25)23(27-14-26-21)32-13-24(4,5)31/h6-9,14-16,19,31H,10-13H2,1-5H3,(H,28,30). The summed E-state index contributed by atoms with van der Waals surface area (Å²) in [4.78, 5) is 22.7. The van der Waals surface area contributed by atoms with E-state index in [1.807, 2.05) is 49.9 Å². The molecular weight excluding hydrogens is 444 g/mol. The number of rotatable bonds is 9. The van der Waals surface area contributed by atoms with Crippen LogP contribution in [0.2, 0.25) is 5.02 Å². The van der Waals surface area contributed by atoms with Crippen molar-refractivity contribution in [2.75, 3.05) is 24.6 Å². The Morgan fingerprint density at radius 2 is 1.97 bits per heavy atom. The molecule has 2 N–H and O–H groups in total. The zero-order valence-electron chi connectivity index (χ0n) is 19.8. The molecule has 9 heteroatoms. The predicted octanol–water partition coefficient (Wildman–Crippen LogP) is 3.57. The number of anilines is 1. The van der Waals surface area contributed by atoms with Gasteiger partial charge in [-0.2, -0.15) is 0 Å². The van der Waals surface area contributed by atoms with Gasteiger partial charge in [0.25, 0.3) is 0 Å². The first-order valence-electron chi connectivity index (χ1n) is 11.2. The minimum Gasteiger partial charge on any atom is -0.489 e. The van der Waals surface area contributed by atoms with Crippen molar-refractivity contribution in [2.24, 2.45) is 0 Å². The highest BCUT2D eigenvalue weighted by molar-refractivity contribution is 6.34. The molecule has 0 bridgehead atoms. The Kier molecular flexibility index (Phi) is 8.02. The summed E-state index contributed by atoms with van der Waals surface area (Å²) in [6, 6.07) is 7.77. The van der Waals surface area contributed by atoms with Gasteiger partial charge in [-0.1, -0.05) is 23.7 Å². The van der Waals surface area contributed by atoms with E-state index in [1.54, 1.807) is 13.8 Å². The molecule has 2 unspecified atom stereocenters. The maximum atomic E-state index is 12.2. The highest BCUT2D eigenvalue weighted by Crippen LogP contribution is 2.33. The zero-order valence-corrected chi connectivity index (χ0v) is 20.6. The van der Waals surface area contributed by atoms with Crippen LogP contribution in [0.15, 0.2) is 30.6 Å². The van der Waals surface area contributed by atoms with Crippen LogP contribution in [0, 0.1) is 0 Å². The van der Waals surface area contributed by atoms with Gasteiger partial charge < -0.3 is 24.8 Å². The minimum atomic E-state index is -0.993. The third-order valence-electron chi connectivity index (χ3n) is 5.25. The van der Waals surface area contributed by atoms with E-state index in [0.29, 0.717) is 17.4 Å². The molecule has 1 aliphatic heterocycles. The molecule has 1 saturated heterocycles. The molecule has 2 atom stereocenters. The first-order chi connectivity index (χ1) is 15.5. The third kappa shape index (κ3) is 6.95. The number of carbonyl (C=O) groups excluding carboxylic acids is 1. The Labute approximate surface area is 200 Å². The minimum absolute atomic E-state index is 0.0118. The Balaban J connectivity index is 1.59. The average molecular weight is 477 g/mol. The van der Waals surface area contributed by atoms with Crippen LogP contribution in [0.5, 0.6) is 11.6 Å². The number of ether oxygens (including phenoxy) is 2. The van der Waals surface area contributed by atoms with Gasteiger partial charge in [-0.05, 0) is 52.3 Å². The number of carbonyl (C=O) groups is 1.